The van der Waals surface area contributed by atoms with Crippen molar-refractivity contribution in [2.75, 3.05) is 31.2 Å². The molecule has 2 fully saturated rings. The number of hydrogen-bond donors (Lipinski definition) is 0. The van der Waals surface area contributed by atoms with Gasteiger partial charge in [-0.15, -0.1) is 0 Å². The Kier molecular flexibility index (Phi) is 9.48. The Morgan fingerprint density at radius 3 is 1.75 bits per heavy atom. The first-order chi connectivity index (χ1) is 31.6. The second kappa shape index (κ2) is 15.7. The average molecular weight is 839 g/mol. The Bertz CT molecular complexity index is 3010. The number of morpholine rings is 1. The summed E-state index contributed by atoms with van der Waals surface area (Å²) in [6.07, 6.45) is 11.2. The molecular formula is C57H47FN4O2. The highest BCUT2D eigenvalue weighted by Crippen LogP contribution is 2.62. The van der Waals surface area contributed by atoms with Crippen molar-refractivity contribution in [3.63, 3.8) is 0 Å². The predicted octanol–water partition coefficient (Wildman–Crippen LogP) is 13.0. The minimum atomic E-state index is -0.982. The smallest absolute Gasteiger partial charge is 0.178 e. The molecule has 2 aliphatic heterocycles. The molecule has 0 radical (unpaired) electrons. The van der Waals surface area contributed by atoms with Crippen LogP contribution in [0, 0.1) is 5.82 Å². The van der Waals surface area contributed by atoms with Crippen molar-refractivity contribution in [3.8, 4) is 51.0 Å². The number of ether oxygens (including phenoxy) is 2. The van der Waals surface area contributed by atoms with Gasteiger partial charge < -0.3 is 14.4 Å². The summed E-state index contributed by atoms with van der Waals surface area (Å²) in [5, 5.41) is 2.20. The van der Waals surface area contributed by atoms with Gasteiger partial charge in [-0.1, -0.05) is 159 Å². The van der Waals surface area contributed by atoms with Crippen LogP contribution < -0.4 is 9.64 Å². The Hall–Kier alpha value is -6.96. The van der Waals surface area contributed by atoms with Gasteiger partial charge in [0.2, 0.25) is 0 Å². The molecule has 1 saturated heterocycles. The molecule has 1 atom stereocenters. The van der Waals surface area contributed by atoms with Gasteiger partial charge >= 0.3 is 0 Å². The molecule has 1 spiro atoms. The van der Waals surface area contributed by atoms with Gasteiger partial charge in [0, 0.05) is 63.0 Å². The maximum atomic E-state index is 15.4. The Morgan fingerprint density at radius 2 is 1.12 bits per heavy atom. The molecule has 6 nitrogen and oxygen atoms in total. The van der Waals surface area contributed by atoms with Crippen LogP contribution in [0.25, 0.3) is 62.1 Å². The van der Waals surface area contributed by atoms with Crippen LogP contribution in [0.5, 0.6) is 5.75 Å². The number of hydrogen-bond acceptors (Lipinski definition) is 6. The molecule has 7 heteroatoms. The van der Waals surface area contributed by atoms with Gasteiger partial charge in [-0.2, -0.15) is 0 Å². The summed E-state index contributed by atoms with van der Waals surface area (Å²) >= 11 is 0. The molecule has 64 heavy (non-hydrogen) atoms. The van der Waals surface area contributed by atoms with Crippen LogP contribution in [0.2, 0.25) is 0 Å². The van der Waals surface area contributed by atoms with Gasteiger partial charge in [-0.3, -0.25) is 0 Å². The number of nitrogens with zero attached hydrogens (tertiary/aromatic N) is 4. The first-order valence-electron chi connectivity index (χ1n) is 22.8. The van der Waals surface area contributed by atoms with E-state index in [-0.39, 0.29) is 11.2 Å². The fourth-order valence-corrected chi connectivity index (χ4v) is 11.0. The molecule has 0 amide bonds. The van der Waals surface area contributed by atoms with E-state index < -0.39 is 5.60 Å². The highest BCUT2D eigenvalue weighted by molar-refractivity contribution is 6.08. The molecule has 314 valence electrons. The summed E-state index contributed by atoms with van der Waals surface area (Å²) in [6, 6.07) is 51.7. The van der Waals surface area contributed by atoms with E-state index >= 15 is 4.39 Å². The first kappa shape index (κ1) is 38.7. The van der Waals surface area contributed by atoms with Crippen molar-refractivity contribution < 1.29 is 13.9 Å². The minimum absolute atomic E-state index is 0.173. The SMILES string of the molecule is Fc1ccc2c(c1)C1(CCCCCC1)c1c3c(c4ccccc4c1-2)OC(c1ccc(-c2nc(-c4ccccc4)nc(-c4ccccc4)n2)cc1)(c1ccc(N2CCOCC2)cc1)C=C3. The second-order valence-electron chi connectivity index (χ2n) is 17.7. The molecule has 12 rings (SSSR count). The van der Waals surface area contributed by atoms with Crippen molar-refractivity contribution in [3.05, 3.63) is 191 Å². The van der Waals surface area contributed by atoms with Gasteiger partial charge in [-0.25, -0.2) is 19.3 Å². The fourth-order valence-electron chi connectivity index (χ4n) is 11.0. The number of halogens is 1. The fraction of sp³-hybridized carbons (Fsp3) is 0.211. The van der Waals surface area contributed by atoms with Crippen LogP contribution in [0.1, 0.15) is 66.3 Å². The van der Waals surface area contributed by atoms with E-state index in [0.29, 0.717) is 17.5 Å². The number of fused-ring (bicyclic) bond motifs is 10. The van der Waals surface area contributed by atoms with Crippen LogP contribution in [0.3, 0.4) is 0 Å². The van der Waals surface area contributed by atoms with Gasteiger partial charge in [0.1, 0.15) is 11.6 Å². The number of benzene rings is 7. The van der Waals surface area contributed by atoms with Crippen molar-refractivity contribution in [1.29, 1.82) is 0 Å². The van der Waals surface area contributed by atoms with Crippen molar-refractivity contribution in [2.45, 2.75) is 49.5 Å². The Morgan fingerprint density at radius 1 is 0.562 bits per heavy atom. The third-order valence-corrected chi connectivity index (χ3v) is 14.1. The summed E-state index contributed by atoms with van der Waals surface area (Å²) < 4.78 is 28.8. The van der Waals surface area contributed by atoms with E-state index in [0.717, 1.165) is 113 Å². The molecule has 1 saturated carbocycles. The highest BCUT2D eigenvalue weighted by Gasteiger charge is 2.48. The first-order valence-corrected chi connectivity index (χ1v) is 22.8. The zero-order valence-corrected chi connectivity index (χ0v) is 35.6. The van der Waals surface area contributed by atoms with Gasteiger partial charge in [-0.05, 0) is 70.8 Å². The summed E-state index contributed by atoms with van der Waals surface area (Å²) in [6.45, 7) is 3.15. The van der Waals surface area contributed by atoms with E-state index in [1.807, 2.05) is 72.8 Å². The monoisotopic (exact) mass is 838 g/mol. The molecule has 1 aromatic heterocycles. The molecule has 2 aliphatic carbocycles. The van der Waals surface area contributed by atoms with Crippen LogP contribution in [0.15, 0.2) is 158 Å². The average Bonchev–Trinajstić information content (AvgIpc) is 3.46. The maximum Gasteiger partial charge on any atom is 0.178 e. The third-order valence-electron chi connectivity index (χ3n) is 14.1. The molecular weight excluding hydrogens is 792 g/mol. The molecule has 0 bridgehead atoms. The predicted molar refractivity (Wildman–Crippen MR) is 254 cm³/mol. The number of aromatic nitrogens is 3. The minimum Gasteiger partial charge on any atom is -0.472 e. The lowest BCUT2D eigenvalue weighted by atomic mass is 9.70. The molecule has 4 aliphatic rings. The van der Waals surface area contributed by atoms with Crippen LogP contribution in [-0.4, -0.2) is 41.3 Å². The number of anilines is 1. The van der Waals surface area contributed by atoms with Crippen molar-refractivity contribution >= 4 is 22.5 Å². The second-order valence-corrected chi connectivity index (χ2v) is 17.7. The lowest BCUT2D eigenvalue weighted by Crippen LogP contribution is -2.37. The topological polar surface area (TPSA) is 60.4 Å². The Labute approximate surface area is 373 Å². The zero-order valence-electron chi connectivity index (χ0n) is 35.6. The largest absolute Gasteiger partial charge is 0.472 e. The van der Waals surface area contributed by atoms with Crippen LogP contribution in [0.4, 0.5) is 10.1 Å². The van der Waals surface area contributed by atoms with E-state index in [2.05, 4.69) is 89.8 Å². The van der Waals surface area contributed by atoms with Crippen LogP contribution >= 0.6 is 0 Å². The van der Waals surface area contributed by atoms with E-state index in [1.165, 1.54) is 29.7 Å². The summed E-state index contributed by atoms with van der Waals surface area (Å²) in [5.74, 6) is 2.54. The van der Waals surface area contributed by atoms with Crippen molar-refractivity contribution in [1.82, 2.24) is 15.0 Å². The standard InChI is InChI=1S/C57H47FN4O2/c58-43-25-28-47-49(37-43)56(30-11-1-2-12-31-56)51-48-29-32-57(64-52(48)46-18-10-9-17-45(46)50(47)51,42-23-26-44(27-24-42)62-33-35-63-36-34-62)41-21-19-40(20-22-41)55-60-53(38-13-5-3-6-14-38)59-54(61-55)39-15-7-4-8-16-39/h3-10,13-29,32,37H,1-2,11-12,30-31,33-36H2. The normalized spacial score (nSPS) is 18.5. The van der Waals surface area contributed by atoms with Crippen LogP contribution in [-0.2, 0) is 15.8 Å². The number of rotatable bonds is 6. The van der Waals surface area contributed by atoms with Gasteiger partial charge in [0.05, 0.1) is 13.2 Å². The van der Waals surface area contributed by atoms with Crippen molar-refractivity contribution in [2.24, 2.45) is 0 Å². The lowest BCUT2D eigenvalue weighted by molar-refractivity contribution is 0.122. The third kappa shape index (κ3) is 6.35. The maximum absolute atomic E-state index is 15.4. The summed E-state index contributed by atoms with van der Waals surface area (Å²) in [5.41, 5.74) is 10.5. The molecule has 1 unspecified atom stereocenters. The molecule has 3 heterocycles. The van der Waals surface area contributed by atoms with E-state index in [4.69, 9.17) is 24.4 Å². The highest BCUT2D eigenvalue weighted by atomic mass is 19.1. The van der Waals surface area contributed by atoms with E-state index in [1.54, 1.807) is 6.07 Å². The quantitative estimate of drug-likeness (QED) is 0.166. The van der Waals surface area contributed by atoms with E-state index in [9.17, 15) is 0 Å². The van der Waals surface area contributed by atoms with Gasteiger partial charge in [0.15, 0.2) is 23.1 Å². The Balaban J connectivity index is 1.03. The van der Waals surface area contributed by atoms with Gasteiger partial charge in [0.25, 0.3) is 0 Å². The lowest BCUT2D eigenvalue weighted by Gasteiger charge is -2.40. The zero-order chi connectivity index (χ0) is 42.7. The summed E-state index contributed by atoms with van der Waals surface area (Å²) in [7, 11) is 0. The molecule has 8 aromatic rings. The molecule has 7 aromatic carbocycles. The molecule has 0 N–H and O–H groups in total. The summed E-state index contributed by atoms with van der Waals surface area (Å²) in [4.78, 5) is 17.4.